The van der Waals surface area contributed by atoms with Gasteiger partial charge in [-0.1, -0.05) is 31.5 Å². The SMILES string of the molecule is CCOCCOc1c(Cl)cccc1NCC(C)C. The third kappa shape index (κ3) is 5.15. The first-order valence-electron chi connectivity index (χ1n) is 6.38. The van der Waals surface area contributed by atoms with Crippen molar-refractivity contribution in [1.82, 2.24) is 0 Å². The molecule has 0 bridgehead atoms. The highest BCUT2D eigenvalue weighted by molar-refractivity contribution is 6.32. The highest BCUT2D eigenvalue weighted by Crippen LogP contribution is 2.32. The van der Waals surface area contributed by atoms with Crippen molar-refractivity contribution in [2.45, 2.75) is 20.8 Å². The van der Waals surface area contributed by atoms with Gasteiger partial charge in [-0.25, -0.2) is 0 Å². The van der Waals surface area contributed by atoms with E-state index in [1.54, 1.807) is 0 Å². The van der Waals surface area contributed by atoms with Crippen LogP contribution in [0.5, 0.6) is 5.75 Å². The Hall–Kier alpha value is -0.930. The molecule has 0 aliphatic rings. The number of rotatable bonds is 8. The summed E-state index contributed by atoms with van der Waals surface area (Å²) in [5.74, 6) is 1.28. The maximum absolute atomic E-state index is 6.15. The monoisotopic (exact) mass is 271 g/mol. The first-order chi connectivity index (χ1) is 8.65. The first kappa shape index (κ1) is 15.1. The van der Waals surface area contributed by atoms with E-state index < -0.39 is 0 Å². The van der Waals surface area contributed by atoms with Crippen molar-refractivity contribution in [1.29, 1.82) is 0 Å². The van der Waals surface area contributed by atoms with Gasteiger partial charge in [-0.05, 0) is 25.0 Å². The van der Waals surface area contributed by atoms with Crippen LogP contribution in [0.15, 0.2) is 18.2 Å². The molecule has 0 aliphatic carbocycles. The summed E-state index contributed by atoms with van der Waals surface area (Å²) >= 11 is 6.15. The number of hydrogen-bond donors (Lipinski definition) is 1. The van der Waals surface area contributed by atoms with Gasteiger partial charge in [-0.15, -0.1) is 0 Å². The lowest BCUT2D eigenvalue weighted by Crippen LogP contribution is -2.11. The number of anilines is 1. The van der Waals surface area contributed by atoms with Gasteiger partial charge in [0.25, 0.3) is 0 Å². The van der Waals surface area contributed by atoms with Crippen molar-refractivity contribution >= 4 is 17.3 Å². The van der Waals surface area contributed by atoms with Crippen LogP contribution in [-0.2, 0) is 4.74 Å². The van der Waals surface area contributed by atoms with E-state index in [4.69, 9.17) is 21.1 Å². The Bertz CT molecular complexity index is 356. The highest BCUT2D eigenvalue weighted by atomic mass is 35.5. The molecule has 0 heterocycles. The molecule has 1 aromatic carbocycles. The van der Waals surface area contributed by atoms with Gasteiger partial charge in [0, 0.05) is 13.2 Å². The maximum Gasteiger partial charge on any atom is 0.161 e. The molecule has 4 heteroatoms. The van der Waals surface area contributed by atoms with E-state index in [1.165, 1.54) is 0 Å². The van der Waals surface area contributed by atoms with Crippen LogP contribution < -0.4 is 10.1 Å². The Kier molecular flexibility index (Phi) is 6.91. The normalized spacial score (nSPS) is 10.7. The predicted molar refractivity (Wildman–Crippen MR) is 76.8 cm³/mol. The van der Waals surface area contributed by atoms with Gasteiger partial charge in [0.15, 0.2) is 5.75 Å². The Morgan fingerprint density at radius 1 is 1.28 bits per heavy atom. The Morgan fingerprint density at radius 3 is 2.72 bits per heavy atom. The van der Waals surface area contributed by atoms with Crippen molar-refractivity contribution in [3.05, 3.63) is 23.2 Å². The van der Waals surface area contributed by atoms with Crippen molar-refractivity contribution in [2.24, 2.45) is 5.92 Å². The molecular weight excluding hydrogens is 250 g/mol. The molecule has 3 nitrogen and oxygen atoms in total. The summed E-state index contributed by atoms with van der Waals surface area (Å²) in [5, 5.41) is 3.97. The van der Waals surface area contributed by atoms with Crippen LogP contribution in [0.4, 0.5) is 5.69 Å². The van der Waals surface area contributed by atoms with Gasteiger partial charge in [0.05, 0.1) is 17.3 Å². The smallest absolute Gasteiger partial charge is 0.161 e. The molecule has 1 rings (SSSR count). The minimum absolute atomic E-state index is 0.508. The van der Waals surface area contributed by atoms with E-state index in [1.807, 2.05) is 25.1 Å². The minimum Gasteiger partial charge on any atom is -0.487 e. The van der Waals surface area contributed by atoms with Crippen LogP contribution in [0.25, 0.3) is 0 Å². The van der Waals surface area contributed by atoms with Crippen molar-refractivity contribution in [3.63, 3.8) is 0 Å². The zero-order chi connectivity index (χ0) is 13.4. The molecule has 1 aromatic rings. The van der Waals surface area contributed by atoms with Crippen LogP contribution in [-0.4, -0.2) is 26.4 Å². The molecule has 18 heavy (non-hydrogen) atoms. The average molecular weight is 272 g/mol. The molecule has 0 radical (unpaired) electrons. The second kappa shape index (κ2) is 8.22. The van der Waals surface area contributed by atoms with Gasteiger partial charge in [-0.2, -0.15) is 0 Å². The van der Waals surface area contributed by atoms with E-state index in [0.29, 0.717) is 36.5 Å². The molecule has 0 saturated heterocycles. The molecule has 0 saturated carbocycles. The number of ether oxygens (including phenoxy) is 2. The highest BCUT2D eigenvalue weighted by Gasteiger charge is 2.08. The minimum atomic E-state index is 0.508. The van der Waals surface area contributed by atoms with Crippen molar-refractivity contribution in [2.75, 3.05) is 31.7 Å². The number of nitrogens with one attached hydrogen (secondary N) is 1. The Morgan fingerprint density at radius 2 is 2.06 bits per heavy atom. The average Bonchev–Trinajstić information content (AvgIpc) is 2.34. The molecular formula is C14H22ClNO2. The predicted octanol–water partition coefficient (Wildman–Crippen LogP) is 3.82. The third-order valence-electron chi connectivity index (χ3n) is 2.35. The molecule has 1 N–H and O–H groups in total. The zero-order valence-corrected chi connectivity index (χ0v) is 12.1. The maximum atomic E-state index is 6.15. The summed E-state index contributed by atoms with van der Waals surface area (Å²) in [6, 6.07) is 5.72. The summed E-state index contributed by atoms with van der Waals surface area (Å²) in [4.78, 5) is 0. The lowest BCUT2D eigenvalue weighted by atomic mass is 10.2. The lowest BCUT2D eigenvalue weighted by molar-refractivity contribution is 0.110. The number of benzene rings is 1. The fourth-order valence-corrected chi connectivity index (χ4v) is 1.68. The van der Waals surface area contributed by atoms with E-state index in [-0.39, 0.29) is 0 Å². The molecule has 0 spiro atoms. The van der Waals surface area contributed by atoms with E-state index >= 15 is 0 Å². The second-order valence-corrected chi connectivity index (χ2v) is 4.84. The topological polar surface area (TPSA) is 30.5 Å². The fraction of sp³-hybridized carbons (Fsp3) is 0.571. The number of hydrogen-bond acceptors (Lipinski definition) is 3. The van der Waals surface area contributed by atoms with Crippen molar-refractivity contribution < 1.29 is 9.47 Å². The summed E-state index contributed by atoms with van der Waals surface area (Å²) in [6.07, 6.45) is 0. The van der Waals surface area contributed by atoms with Crippen molar-refractivity contribution in [3.8, 4) is 5.75 Å². The second-order valence-electron chi connectivity index (χ2n) is 4.44. The zero-order valence-electron chi connectivity index (χ0n) is 11.3. The Labute approximate surface area is 114 Å². The largest absolute Gasteiger partial charge is 0.487 e. The fourth-order valence-electron chi connectivity index (χ4n) is 1.46. The van der Waals surface area contributed by atoms with Gasteiger partial charge in [0.1, 0.15) is 6.61 Å². The Balaban J connectivity index is 2.62. The molecule has 0 unspecified atom stereocenters. The quantitative estimate of drug-likeness (QED) is 0.729. The molecule has 0 aromatic heterocycles. The summed E-state index contributed by atoms with van der Waals surface area (Å²) in [7, 11) is 0. The first-order valence-corrected chi connectivity index (χ1v) is 6.75. The van der Waals surface area contributed by atoms with Crippen LogP contribution >= 0.6 is 11.6 Å². The number of para-hydroxylation sites is 1. The standard InChI is InChI=1S/C14H22ClNO2/c1-4-17-8-9-18-14-12(15)6-5-7-13(14)16-10-11(2)3/h5-7,11,16H,4,8-10H2,1-3H3. The summed E-state index contributed by atoms with van der Waals surface area (Å²) < 4.78 is 10.9. The molecule has 0 fully saturated rings. The summed E-state index contributed by atoms with van der Waals surface area (Å²) in [5.41, 5.74) is 0.938. The third-order valence-corrected chi connectivity index (χ3v) is 2.64. The van der Waals surface area contributed by atoms with E-state index in [9.17, 15) is 0 Å². The van der Waals surface area contributed by atoms with Gasteiger partial charge >= 0.3 is 0 Å². The van der Waals surface area contributed by atoms with Gasteiger partial charge < -0.3 is 14.8 Å². The van der Waals surface area contributed by atoms with Gasteiger partial charge in [-0.3, -0.25) is 0 Å². The lowest BCUT2D eigenvalue weighted by Gasteiger charge is -2.15. The van der Waals surface area contributed by atoms with Crippen LogP contribution in [0.3, 0.4) is 0 Å². The molecule has 0 atom stereocenters. The van der Waals surface area contributed by atoms with E-state index in [0.717, 1.165) is 12.2 Å². The summed E-state index contributed by atoms with van der Waals surface area (Å²) in [6.45, 7) is 8.96. The molecule has 102 valence electrons. The molecule has 0 aliphatic heterocycles. The van der Waals surface area contributed by atoms with Crippen LogP contribution in [0.1, 0.15) is 20.8 Å². The number of halogens is 1. The van der Waals surface area contributed by atoms with E-state index in [2.05, 4.69) is 19.2 Å². The van der Waals surface area contributed by atoms with Gasteiger partial charge in [0.2, 0.25) is 0 Å². The van der Waals surface area contributed by atoms with Crippen LogP contribution in [0.2, 0.25) is 5.02 Å². The molecule has 0 amide bonds. The van der Waals surface area contributed by atoms with Crippen LogP contribution in [0, 0.1) is 5.92 Å².